The van der Waals surface area contributed by atoms with E-state index in [0.29, 0.717) is 5.56 Å². The fourth-order valence-corrected chi connectivity index (χ4v) is 1.50. The summed E-state index contributed by atoms with van der Waals surface area (Å²) < 4.78 is 0. The standard InChI is InChI=1S/C12H17N3/c1-12(2,9-14-3)15-11-6-4-10(8-13)5-7-11/h4-7,14-15H,9H2,1-3H3. The number of nitrogens with one attached hydrogen (secondary N) is 2. The van der Waals surface area contributed by atoms with Crippen LogP contribution in [0.3, 0.4) is 0 Å². The molecule has 1 aromatic carbocycles. The summed E-state index contributed by atoms with van der Waals surface area (Å²) in [5.74, 6) is 0. The summed E-state index contributed by atoms with van der Waals surface area (Å²) in [7, 11) is 1.93. The molecule has 0 aromatic heterocycles. The summed E-state index contributed by atoms with van der Waals surface area (Å²) in [4.78, 5) is 0. The van der Waals surface area contributed by atoms with E-state index in [-0.39, 0.29) is 5.54 Å². The molecule has 0 aliphatic rings. The lowest BCUT2D eigenvalue weighted by atomic mass is 10.1. The number of benzene rings is 1. The zero-order chi connectivity index (χ0) is 11.3. The van der Waals surface area contributed by atoms with Gasteiger partial charge in [-0.25, -0.2) is 0 Å². The maximum absolute atomic E-state index is 8.66. The molecule has 3 nitrogen and oxygen atoms in total. The summed E-state index contributed by atoms with van der Waals surface area (Å²) >= 11 is 0. The summed E-state index contributed by atoms with van der Waals surface area (Å²) in [5, 5.41) is 15.2. The van der Waals surface area contributed by atoms with Gasteiger partial charge in [0.15, 0.2) is 0 Å². The van der Waals surface area contributed by atoms with Crippen molar-refractivity contribution in [2.75, 3.05) is 18.9 Å². The molecule has 0 unspecified atom stereocenters. The SMILES string of the molecule is CNCC(C)(C)Nc1ccc(C#N)cc1. The predicted molar refractivity (Wildman–Crippen MR) is 62.8 cm³/mol. The van der Waals surface area contributed by atoms with Crippen LogP contribution in [0.1, 0.15) is 19.4 Å². The van der Waals surface area contributed by atoms with Crippen molar-refractivity contribution in [3.05, 3.63) is 29.8 Å². The summed E-state index contributed by atoms with van der Waals surface area (Å²) in [6, 6.07) is 9.59. The predicted octanol–water partition coefficient (Wildman–Crippen LogP) is 1.97. The molecule has 15 heavy (non-hydrogen) atoms. The smallest absolute Gasteiger partial charge is 0.0991 e. The van der Waals surface area contributed by atoms with Gasteiger partial charge in [0.25, 0.3) is 0 Å². The van der Waals surface area contributed by atoms with Gasteiger partial charge in [-0.1, -0.05) is 0 Å². The number of rotatable bonds is 4. The molecule has 0 amide bonds. The molecule has 3 heteroatoms. The molecule has 0 fully saturated rings. The quantitative estimate of drug-likeness (QED) is 0.786. The minimum Gasteiger partial charge on any atom is -0.379 e. The summed E-state index contributed by atoms with van der Waals surface area (Å²) in [5.41, 5.74) is 1.73. The van der Waals surface area contributed by atoms with Gasteiger partial charge in [-0.2, -0.15) is 5.26 Å². The van der Waals surface area contributed by atoms with Crippen LogP contribution in [0.2, 0.25) is 0 Å². The Morgan fingerprint density at radius 3 is 2.33 bits per heavy atom. The number of nitriles is 1. The summed E-state index contributed by atoms with van der Waals surface area (Å²) in [6.45, 7) is 5.14. The van der Waals surface area contributed by atoms with E-state index in [2.05, 4.69) is 30.6 Å². The lowest BCUT2D eigenvalue weighted by molar-refractivity contribution is 0.530. The highest BCUT2D eigenvalue weighted by Crippen LogP contribution is 2.14. The zero-order valence-corrected chi connectivity index (χ0v) is 9.46. The molecular weight excluding hydrogens is 186 g/mol. The van der Waals surface area contributed by atoms with Crippen molar-refractivity contribution < 1.29 is 0 Å². The van der Waals surface area contributed by atoms with E-state index in [1.807, 2.05) is 31.3 Å². The first-order valence-corrected chi connectivity index (χ1v) is 5.00. The van der Waals surface area contributed by atoms with E-state index in [0.717, 1.165) is 12.2 Å². The van der Waals surface area contributed by atoms with E-state index in [1.165, 1.54) is 0 Å². The van der Waals surface area contributed by atoms with E-state index >= 15 is 0 Å². The monoisotopic (exact) mass is 203 g/mol. The van der Waals surface area contributed by atoms with Gasteiger partial charge in [-0.05, 0) is 45.2 Å². The molecule has 80 valence electrons. The van der Waals surface area contributed by atoms with Crippen LogP contribution in [0.4, 0.5) is 5.69 Å². The van der Waals surface area contributed by atoms with Crippen molar-refractivity contribution in [1.82, 2.24) is 5.32 Å². The van der Waals surface area contributed by atoms with Crippen molar-refractivity contribution in [1.29, 1.82) is 5.26 Å². The molecule has 0 aliphatic carbocycles. The average molecular weight is 203 g/mol. The fourth-order valence-electron chi connectivity index (χ4n) is 1.50. The van der Waals surface area contributed by atoms with E-state index in [1.54, 1.807) is 0 Å². The Morgan fingerprint density at radius 1 is 1.27 bits per heavy atom. The topological polar surface area (TPSA) is 47.8 Å². The Labute approximate surface area is 91.1 Å². The highest BCUT2D eigenvalue weighted by Gasteiger charge is 2.15. The minimum absolute atomic E-state index is 0.00289. The van der Waals surface area contributed by atoms with Crippen molar-refractivity contribution in [3.63, 3.8) is 0 Å². The third-order valence-corrected chi connectivity index (χ3v) is 2.12. The molecule has 0 heterocycles. The van der Waals surface area contributed by atoms with Crippen LogP contribution in [0.5, 0.6) is 0 Å². The molecule has 1 rings (SSSR count). The van der Waals surface area contributed by atoms with E-state index < -0.39 is 0 Å². The third kappa shape index (κ3) is 3.61. The van der Waals surface area contributed by atoms with Gasteiger partial charge in [0.2, 0.25) is 0 Å². The lowest BCUT2D eigenvalue weighted by Crippen LogP contribution is -2.40. The molecule has 0 bridgehead atoms. The Balaban J connectivity index is 2.69. The Bertz CT molecular complexity index is 346. The molecule has 0 saturated heterocycles. The highest BCUT2D eigenvalue weighted by molar-refractivity contribution is 5.48. The van der Waals surface area contributed by atoms with Crippen molar-refractivity contribution in [2.24, 2.45) is 0 Å². The van der Waals surface area contributed by atoms with Gasteiger partial charge in [0.05, 0.1) is 11.6 Å². The van der Waals surface area contributed by atoms with Gasteiger partial charge in [0, 0.05) is 17.8 Å². The van der Waals surface area contributed by atoms with Crippen LogP contribution >= 0.6 is 0 Å². The highest BCUT2D eigenvalue weighted by atomic mass is 15.0. The van der Waals surface area contributed by atoms with Crippen LogP contribution in [0.25, 0.3) is 0 Å². The largest absolute Gasteiger partial charge is 0.379 e. The van der Waals surface area contributed by atoms with Gasteiger partial charge in [0.1, 0.15) is 0 Å². The molecule has 1 aromatic rings. The molecular formula is C12H17N3. The van der Waals surface area contributed by atoms with Gasteiger partial charge in [-0.3, -0.25) is 0 Å². The van der Waals surface area contributed by atoms with Crippen LogP contribution in [-0.2, 0) is 0 Å². The normalized spacial score (nSPS) is 10.8. The first kappa shape index (κ1) is 11.5. The lowest BCUT2D eigenvalue weighted by Gasteiger charge is -2.27. The van der Waals surface area contributed by atoms with Crippen molar-refractivity contribution in [2.45, 2.75) is 19.4 Å². The Kier molecular flexibility index (Phi) is 3.70. The number of hydrogen-bond donors (Lipinski definition) is 2. The second-order valence-electron chi connectivity index (χ2n) is 4.23. The third-order valence-electron chi connectivity index (χ3n) is 2.12. The maximum atomic E-state index is 8.66. The first-order chi connectivity index (χ1) is 7.07. The van der Waals surface area contributed by atoms with Crippen molar-refractivity contribution in [3.8, 4) is 6.07 Å². The molecule has 0 radical (unpaired) electrons. The molecule has 2 N–H and O–H groups in total. The Hall–Kier alpha value is -1.53. The van der Waals surface area contributed by atoms with Gasteiger partial charge < -0.3 is 10.6 Å². The number of likely N-dealkylation sites (N-methyl/N-ethyl adjacent to an activating group) is 1. The van der Waals surface area contributed by atoms with Crippen LogP contribution in [0.15, 0.2) is 24.3 Å². The van der Waals surface area contributed by atoms with Crippen LogP contribution < -0.4 is 10.6 Å². The molecule has 0 saturated carbocycles. The number of hydrogen-bond acceptors (Lipinski definition) is 3. The van der Waals surface area contributed by atoms with Gasteiger partial charge >= 0.3 is 0 Å². The van der Waals surface area contributed by atoms with Crippen molar-refractivity contribution >= 4 is 5.69 Å². The fraction of sp³-hybridized carbons (Fsp3) is 0.417. The zero-order valence-electron chi connectivity index (χ0n) is 9.46. The number of anilines is 1. The number of nitrogens with zero attached hydrogens (tertiary/aromatic N) is 1. The van der Waals surface area contributed by atoms with Crippen LogP contribution in [0, 0.1) is 11.3 Å². The minimum atomic E-state index is 0.00289. The second-order valence-corrected chi connectivity index (χ2v) is 4.23. The van der Waals surface area contributed by atoms with Crippen LogP contribution in [-0.4, -0.2) is 19.1 Å². The molecule has 0 spiro atoms. The maximum Gasteiger partial charge on any atom is 0.0991 e. The first-order valence-electron chi connectivity index (χ1n) is 5.00. The van der Waals surface area contributed by atoms with E-state index in [4.69, 9.17) is 5.26 Å². The average Bonchev–Trinajstić information content (AvgIpc) is 2.18. The molecule has 0 aliphatic heterocycles. The second kappa shape index (κ2) is 4.81. The Morgan fingerprint density at radius 2 is 1.87 bits per heavy atom. The van der Waals surface area contributed by atoms with E-state index in [9.17, 15) is 0 Å². The molecule has 0 atom stereocenters. The van der Waals surface area contributed by atoms with Gasteiger partial charge in [-0.15, -0.1) is 0 Å². The summed E-state index contributed by atoms with van der Waals surface area (Å²) in [6.07, 6.45) is 0.